The number of nitriles is 1. The van der Waals surface area contributed by atoms with Crippen LogP contribution in [0, 0.1) is 11.3 Å². The molecule has 0 radical (unpaired) electrons. The van der Waals surface area contributed by atoms with Gasteiger partial charge in [-0.1, -0.05) is 11.3 Å². The molecule has 0 aliphatic heterocycles. The molecule has 0 spiro atoms. The SMILES string of the molecule is COc1cc(C(=O)Nc2ncc(C#N)s2)cc(OC)c1OC. The minimum absolute atomic E-state index is 0.322. The van der Waals surface area contributed by atoms with Crippen LogP contribution in [0.1, 0.15) is 15.2 Å². The number of thiazole rings is 1. The average Bonchev–Trinajstić information content (AvgIpc) is 3.00. The average molecular weight is 319 g/mol. The summed E-state index contributed by atoms with van der Waals surface area (Å²) >= 11 is 1.09. The Bertz CT molecular complexity index is 711. The van der Waals surface area contributed by atoms with Crippen LogP contribution >= 0.6 is 11.3 Å². The lowest BCUT2D eigenvalue weighted by Gasteiger charge is -2.13. The summed E-state index contributed by atoms with van der Waals surface area (Å²) in [6.45, 7) is 0. The van der Waals surface area contributed by atoms with Gasteiger partial charge in [0.15, 0.2) is 16.6 Å². The third-order valence-electron chi connectivity index (χ3n) is 2.76. The lowest BCUT2D eigenvalue weighted by atomic mass is 10.1. The quantitative estimate of drug-likeness (QED) is 0.909. The molecule has 2 aromatic rings. The second-order valence-corrected chi connectivity index (χ2v) is 5.04. The summed E-state index contributed by atoms with van der Waals surface area (Å²) in [4.78, 5) is 16.6. The standard InChI is InChI=1S/C14H13N3O4S/c1-19-10-4-8(5-11(20-2)12(10)21-3)13(18)17-14-16-7-9(6-15)22-14/h4-5,7H,1-3H3,(H,16,17,18). The molecular weight excluding hydrogens is 306 g/mol. The minimum atomic E-state index is -0.391. The number of methoxy groups -OCH3 is 3. The zero-order chi connectivity index (χ0) is 16.1. The molecule has 0 unspecified atom stereocenters. The number of carbonyl (C=O) groups excluding carboxylic acids is 1. The van der Waals surface area contributed by atoms with Crippen molar-refractivity contribution in [1.82, 2.24) is 4.98 Å². The summed E-state index contributed by atoms with van der Waals surface area (Å²) in [5.74, 6) is 0.772. The third kappa shape index (κ3) is 3.10. The Labute approximate surface area is 131 Å². The second-order valence-electron chi connectivity index (χ2n) is 4.01. The van der Waals surface area contributed by atoms with E-state index in [1.54, 1.807) is 0 Å². The van der Waals surface area contributed by atoms with Gasteiger partial charge in [-0.2, -0.15) is 5.26 Å². The maximum atomic E-state index is 12.3. The predicted molar refractivity (Wildman–Crippen MR) is 80.9 cm³/mol. The van der Waals surface area contributed by atoms with Crippen molar-refractivity contribution in [3.05, 3.63) is 28.8 Å². The van der Waals surface area contributed by atoms with Crippen LogP contribution < -0.4 is 19.5 Å². The van der Waals surface area contributed by atoms with Crippen LogP contribution in [0.25, 0.3) is 0 Å². The Balaban J connectivity index is 2.31. The number of hydrogen-bond acceptors (Lipinski definition) is 7. The van der Waals surface area contributed by atoms with Crippen molar-refractivity contribution in [2.24, 2.45) is 0 Å². The maximum absolute atomic E-state index is 12.3. The first kappa shape index (κ1) is 15.6. The third-order valence-corrected chi connectivity index (χ3v) is 3.58. The summed E-state index contributed by atoms with van der Waals surface area (Å²) in [5, 5.41) is 11.7. The number of benzene rings is 1. The topological polar surface area (TPSA) is 93.5 Å². The fourth-order valence-electron chi connectivity index (χ4n) is 1.77. The summed E-state index contributed by atoms with van der Waals surface area (Å²) < 4.78 is 15.6. The van der Waals surface area contributed by atoms with Gasteiger partial charge in [-0.3, -0.25) is 10.1 Å². The number of amides is 1. The molecule has 0 saturated heterocycles. The molecule has 0 saturated carbocycles. The van der Waals surface area contributed by atoms with Gasteiger partial charge >= 0.3 is 0 Å². The highest BCUT2D eigenvalue weighted by Crippen LogP contribution is 2.38. The summed E-state index contributed by atoms with van der Waals surface area (Å²) in [6, 6.07) is 5.03. The van der Waals surface area contributed by atoms with Crippen molar-refractivity contribution < 1.29 is 19.0 Å². The number of carbonyl (C=O) groups is 1. The van der Waals surface area contributed by atoms with E-state index in [4.69, 9.17) is 19.5 Å². The van der Waals surface area contributed by atoms with Crippen LogP contribution in [0.4, 0.5) is 5.13 Å². The van der Waals surface area contributed by atoms with Crippen LogP contribution in [-0.4, -0.2) is 32.2 Å². The lowest BCUT2D eigenvalue weighted by Crippen LogP contribution is -2.12. The van der Waals surface area contributed by atoms with Crippen molar-refractivity contribution in [3.8, 4) is 23.3 Å². The van der Waals surface area contributed by atoms with Crippen molar-refractivity contribution in [2.45, 2.75) is 0 Å². The molecule has 2 rings (SSSR count). The van der Waals surface area contributed by atoms with E-state index < -0.39 is 5.91 Å². The van der Waals surface area contributed by atoms with Gasteiger partial charge in [-0.25, -0.2) is 4.98 Å². The highest BCUT2D eigenvalue weighted by Gasteiger charge is 2.17. The molecule has 8 heteroatoms. The molecule has 1 heterocycles. The molecular formula is C14H13N3O4S. The highest BCUT2D eigenvalue weighted by atomic mass is 32.1. The molecule has 1 aromatic carbocycles. The normalized spacial score (nSPS) is 9.73. The first-order chi connectivity index (χ1) is 10.6. The number of ether oxygens (including phenoxy) is 3. The molecule has 0 bridgehead atoms. The lowest BCUT2D eigenvalue weighted by molar-refractivity contribution is 0.102. The molecule has 22 heavy (non-hydrogen) atoms. The van der Waals surface area contributed by atoms with Crippen molar-refractivity contribution >= 4 is 22.4 Å². The molecule has 1 N–H and O–H groups in total. The monoisotopic (exact) mass is 319 g/mol. The van der Waals surface area contributed by atoms with Gasteiger partial charge in [0.1, 0.15) is 10.9 Å². The number of nitrogens with one attached hydrogen (secondary N) is 1. The smallest absolute Gasteiger partial charge is 0.257 e. The Morgan fingerprint density at radius 3 is 2.32 bits per heavy atom. The molecule has 1 amide bonds. The molecule has 0 aliphatic carbocycles. The van der Waals surface area contributed by atoms with E-state index in [-0.39, 0.29) is 0 Å². The van der Waals surface area contributed by atoms with Gasteiger partial charge in [-0.15, -0.1) is 0 Å². The van der Waals surface area contributed by atoms with Crippen LogP contribution in [0.15, 0.2) is 18.3 Å². The summed E-state index contributed by atoms with van der Waals surface area (Å²) in [5.41, 5.74) is 0.322. The molecule has 0 fully saturated rings. The van der Waals surface area contributed by atoms with Crippen LogP contribution in [0.3, 0.4) is 0 Å². The van der Waals surface area contributed by atoms with Crippen molar-refractivity contribution in [2.75, 3.05) is 26.6 Å². The van der Waals surface area contributed by atoms with E-state index in [2.05, 4.69) is 10.3 Å². The minimum Gasteiger partial charge on any atom is -0.493 e. The van der Waals surface area contributed by atoms with Gasteiger partial charge in [0, 0.05) is 5.56 Å². The van der Waals surface area contributed by atoms with Crippen LogP contribution in [0.2, 0.25) is 0 Å². The summed E-state index contributed by atoms with van der Waals surface area (Å²) in [6.07, 6.45) is 1.40. The first-order valence-corrected chi connectivity index (χ1v) is 6.91. The largest absolute Gasteiger partial charge is 0.493 e. The van der Waals surface area contributed by atoms with E-state index in [0.29, 0.717) is 32.8 Å². The Morgan fingerprint density at radius 1 is 1.23 bits per heavy atom. The van der Waals surface area contributed by atoms with E-state index in [9.17, 15) is 4.79 Å². The summed E-state index contributed by atoms with van der Waals surface area (Å²) in [7, 11) is 4.43. The zero-order valence-electron chi connectivity index (χ0n) is 12.2. The fraction of sp³-hybridized carbons (Fsp3) is 0.214. The number of hydrogen-bond donors (Lipinski definition) is 1. The zero-order valence-corrected chi connectivity index (χ0v) is 13.0. The number of nitrogens with zero attached hydrogens (tertiary/aromatic N) is 2. The van der Waals surface area contributed by atoms with Gasteiger partial charge in [-0.05, 0) is 12.1 Å². The Morgan fingerprint density at radius 2 is 1.86 bits per heavy atom. The van der Waals surface area contributed by atoms with Crippen molar-refractivity contribution in [3.63, 3.8) is 0 Å². The number of aromatic nitrogens is 1. The number of anilines is 1. The van der Waals surface area contributed by atoms with Crippen LogP contribution in [0.5, 0.6) is 17.2 Å². The van der Waals surface area contributed by atoms with Crippen LogP contribution in [-0.2, 0) is 0 Å². The van der Waals surface area contributed by atoms with Gasteiger partial charge in [0.25, 0.3) is 5.91 Å². The Hall–Kier alpha value is -2.79. The highest BCUT2D eigenvalue weighted by molar-refractivity contribution is 7.16. The van der Waals surface area contributed by atoms with E-state index in [0.717, 1.165) is 11.3 Å². The van der Waals surface area contributed by atoms with Gasteiger partial charge in [0.05, 0.1) is 27.5 Å². The van der Waals surface area contributed by atoms with E-state index in [1.165, 1.54) is 39.7 Å². The fourth-order valence-corrected chi connectivity index (χ4v) is 2.37. The molecule has 0 aliphatic rings. The Kier molecular flexibility index (Phi) is 4.80. The predicted octanol–water partition coefficient (Wildman–Crippen LogP) is 2.29. The second kappa shape index (κ2) is 6.78. The van der Waals surface area contributed by atoms with Gasteiger partial charge < -0.3 is 14.2 Å². The molecule has 114 valence electrons. The molecule has 0 atom stereocenters. The van der Waals surface area contributed by atoms with Gasteiger partial charge in [0.2, 0.25) is 5.75 Å². The molecule has 7 nitrogen and oxygen atoms in total. The maximum Gasteiger partial charge on any atom is 0.257 e. The van der Waals surface area contributed by atoms with E-state index in [1.807, 2.05) is 6.07 Å². The first-order valence-electron chi connectivity index (χ1n) is 6.10. The number of rotatable bonds is 5. The van der Waals surface area contributed by atoms with Crippen molar-refractivity contribution in [1.29, 1.82) is 5.26 Å². The molecule has 1 aromatic heterocycles. The van der Waals surface area contributed by atoms with E-state index >= 15 is 0 Å².